The smallest absolute Gasteiger partial charge is 0.144 e. The van der Waals surface area contributed by atoms with Crippen molar-refractivity contribution in [1.82, 2.24) is 5.32 Å². The quantitative estimate of drug-likeness (QED) is 0.470. The molecule has 0 amide bonds. The molecule has 1 aromatic rings. The lowest BCUT2D eigenvalue weighted by Gasteiger charge is -2.12. The molecule has 0 radical (unpaired) electrons. The largest absolute Gasteiger partial charge is 0.459 e. The lowest BCUT2D eigenvalue weighted by molar-refractivity contribution is 0.484. The first-order chi connectivity index (χ1) is 11.4. The van der Waals surface area contributed by atoms with Gasteiger partial charge < -0.3 is 9.73 Å². The molecule has 0 saturated heterocycles. The molecular formula is C20H22N2O. The topological polar surface area (TPSA) is 37.5 Å². The molecule has 23 heavy (non-hydrogen) atoms. The monoisotopic (exact) mass is 306 g/mol. The highest BCUT2D eigenvalue weighted by molar-refractivity contribution is 5.75. The highest BCUT2D eigenvalue weighted by atomic mass is 16.3. The number of allylic oxidation sites excluding steroid dienone is 3. The second-order valence-corrected chi connectivity index (χ2v) is 5.84. The molecule has 1 atom stereocenters. The van der Waals surface area contributed by atoms with Gasteiger partial charge in [-0.25, -0.2) is 0 Å². The van der Waals surface area contributed by atoms with E-state index in [1.54, 1.807) is 0 Å². The summed E-state index contributed by atoms with van der Waals surface area (Å²) in [5, 5.41) is 3.34. The van der Waals surface area contributed by atoms with Gasteiger partial charge in [-0.2, -0.15) is 0 Å². The molecule has 0 aliphatic heterocycles. The van der Waals surface area contributed by atoms with Crippen LogP contribution in [0.3, 0.4) is 0 Å². The zero-order valence-electron chi connectivity index (χ0n) is 13.3. The summed E-state index contributed by atoms with van der Waals surface area (Å²) < 4.78 is 5.76. The number of aliphatic imine (C=N–C) groups is 1. The van der Waals surface area contributed by atoms with Crippen LogP contribution < -0.4 is 5.32 Å². The van der Waals surface area contributed by atoms with Crippen LogP contribution in [0.1, 0.15) is 30.8 Å². The zero-order valence-corrected chi connectivity index (χ0v) is 13.3. The maximum absolute atomic E-state index is 5.76. The summed E-state index contributed by atoms with van der Waals surface area (Å²) in [6, 6.07) is 3.97. The average Bonchev–Trinajstić information content (AvgIpc) is 3.05. The molecule has 0 fully saturated rings. The summed E-state index contributed by atoms with van der Waals surface area (Å²) in [6.07, 6.45) is 16.0. The minimum absolute atomic E-state index is 0.593. The van der Waals surface area contributed by atoms with E-state index in [1.807, 2.05) is 36.6 Å². The van der Waals surface area contributed by atoms with Gasteiger partial charge in [-0.3, -0.25) is 4.99 Å². The van der Waals surface area contributed by atoms with E-state index < -0.39 is 0 Å². The van der Waals surface area contributed by atoms with Crippen LogP contribution in [0.15, 0.2) is 69.0 Å². The van der Waals surface area contributed by atoms with Gasteiger partial charge in [0.05, 0.1) is 12.8 Å². The van der Waals surface area contributed by atoms with E-state index in [1.165, 1.54) is 19.3 Å². The van der Waals surface area contributed by atoms with E-state index >= 15 is 0 Å². The normalized spacial score (nSPS) is 19.7. The van der Waals surface area contributed by atoms with Crippen LogP contribution in [0.4, 0.5) is 0 Å². The summed E-state index contributed by atoms with van der Waals surface area (Å²) in [6.45, 7) is 2.31. The van der Waals surface area contributed by atoms with Gasteiger partial charge in [-0.15, -0.1) is 0 Å². The molecule has 1 unspecified atom stereocenters. The van der Waals surface area contributed by atoms with Gasteiger partial charge in [-0.05, 0) is 49.5 Å². The van der Waals surface area contributed by atoms with Crippen molar-refractivity contribution in [2.45, 2.75) is 25.8 Å². The maximum atomic E-state index is 5.76. The van der Waals surface area contributed by atoms with Crippen molar-refractivity contribution in [1.29, 1.82) is 0 Å². The van der Waals surface area contributed by atoms with Crippen LogP contribution in [-0.4, -0.2) is 19.3 Å². The Morgan fingerprint density at radius 3 is 3.17 bits per heavy atom. The molecule has 0 saturated carbocycles. The molecule has 3 nitrogen and oxygen atoms in total. The van der Waals surface area contributed by atoms with Crippen molar-refractivity contribution in [3.05, 3.63) is 71.1 Å². The third-order valence-electron chi connectivity index (χ3n) is 3.92. The standard InChI is InChI=1S/C20H22N2O/c1-3-7-17(8-4-1)13-21-15-19-11-12-20(23-19)16-22-14-18-9-5-2-6-10-18/h1,3,5,7,9,11-12,16,18,21H,2,6,10,13-15H2. The van der Waals surface area contributed by atoms with Gasteiger partial charge in [0.2, 0.25) is 0 Å². The van der Waals surface area contributed by atoms with Crippen LogP contribution in [0.2, 0.25) is 0 Å². The predicted octanol–water partition coefficient (Wildman–Crippen LogP) is 3.95. The fraction of sp³-hybridized carbons (Fsp3) is 0.350. The van der Waals surface area contributed by atoms with E-state index in [2.05, 4.69) is 33.9 Å². The SMILES string of the molecule is C1=C=C(CNCc2ccc(C=NCC3C=CCCC3)o2)C=CC=1. The summed E-state index contributed by atoms with van der Waals surface area (Å²) >= 11 is 0. The molecule has 1 N–H and O–H groups in total. The van der Waals surface area contributed by atoms with Crippen LogP contribution in [0, 0.1) is 5.92 Å². The van der Waals surface area contributed by atoms with Gasteiger partial charge in [0.25, 0.3) is 0 Å². The molecule has 1 aromatic heterocycles. The number of nitrogens with zero attached hydrogens (tertiary/aromatic N) is 1. The van der Waals surface area contributed by atoms with Crippen LogP contribution in [-0.2, 0) is 6.54 Å². The first-order valence-electron chi connectivity index (χ1n) is 8.23. The third-order valence-corrected chi connectivity index (χ3v) is 3.92. The van der Waals surface area contributed by atoms with Crippen molar-refractivity contribution in [2.75, 3.05) is 13.1 Å². The lowest BCUT2D eigenvalue weighted by atomic mass is 9.96. The van der Waals surface area contributed by atoms with Gasteiger partial charge in [0.1, 0.15) is 11.5 Å². The van der Waals surface area contributed by atoms with Crippen LogP contribution in [0.25, 0.3) is 0 Å². The number of hydrogen-bond acceptors (Lipinski definition) is 3. The molecule has 118 valence electrons. The Hall–Kier alpha value is -2.31. The van der Waals surface area contributed by atoms with E-state index in [0.29, 0.717) is 12.5 Å². The molecule has 0 spiro atoms. The molecule has 1 heterocycles. The predicted molar refractivity (Wildman–Crippen MR) is 93.6 cm³/mol. The van der Waals surface area contributed by atoms with Crippen molar-refractivity contribution in [3.8, 4) is 0 Å². The second kappa shape index (κ2) is 8.36. The Morgan fingerprint density at radius 2 is 2.35 bits per heavy atom. The highest BCUT2D eigenvalue weighted by Gasteiger charge is 2.06. The van der Waals surface area contributed by atoms with Gasteiger partial charge >= 0.3 is 0 Å². The van der Waals surface area contributed by atoms with Gasteiger partial charge in [0, 0.05) is 18.7 Å². The van der Waals surface area contributed by atoms with Crippen molar-refractivity contribution < 1.29 is 4.42 Å². The molecule has 3 rings (SSSR count). The molecule has 2 aliphatic rings. The minimum atomic E-state index is 0.593. The Morgan fingerprint density at radius 1 is 1.35 bits per heavy atom. The molecule has 0 bridgehead atoms. The number of hydrogen-bond donors (Lipinski definition) is 1. The summed E-state index contributed by atoms with van der Waals surface area (Å²) in [4.78, 5) is 4.51. The Kier molecular flexibility index (Phi) is 5.66. The number of nitrogens with one attached hydrogen (secondary N) is 1. The highest BCUT2D eigenvalue weighted by Crippen LogP contribution is 2.17. The fourth-order valence-electron chi connectivity index (χ4n) is 2.68. The van der Waals surface area contributed by atoms with E-state index in [9.17, 15) is 0 Å². The zero-order chi connectivity index (χ0) is 15.7. The van der Waals surface area contributed by atoms with E-state index in [4.69, 9.17) is 4.42 Å². The molecule has 0 aromatic carbocycles. The minimum Gasteiger partial charge on any atom is -0.459 e. The Labute approximate surface area is 137 Å². The van der Waals surface area contributed by atoms with Gasteiger partial charge in [0.15, 0.2) is 0 Å². The number of rotatable bonds is 7. The summed E-state index contributed by atoms with van der Waals surface area (Å²) in [7, 11) is 0. The molecule has 2 aliphatic carbocycles. The van der Waals surface area contributed by atoms with Gasteiger partial charge in [-0.1, -0.05) is 29.7 Å². The van der Waals surface area contributed by atoms with Crippen molar-refractivity contribution >= 4 is 6.21 Å². The molecule has 3 heteroatoms. The Bertz CT molecular complexity index is 708. The average molecular weight is 306 g/mol. The van der Waals surface area contributed by atoms with Crippen molar-refractivity contribution in [2.24, 2.45) is 10.9 Å². The van der Waals surface area contributed by atoms with Crippen LogP contribution >= 0.6 is 0 Å². The first-order valence-corrected chi connectivity index (χ1v) is 8.23. The second-order valence-electron chi connectivity index (χ2n) is 5.84. The Balaban J connectivity index is 1.43. The molecular weight excluding hydrogens is 284 g/mol. The fourth-order valence-corrected chi connectivity index (χ4v) is 2.68. The lowest BCUT2D eigenvalue weighted by Crippen LogP contribution is -2.15. The summed E-state index contributed by atoms with van der Waals surface area (Å²) in [5.41, 5.74) is 7.13. The van der Waals surface area contributed by atoms with Crippen LogP contribution in [0.5, 0.6) is 0 Å². The van der Waals surface area contributed by atoms with Crippen molar-refractivity contribution in [3.63, 3.8) is 0 Å². The first kappa shape index (κ1) is 15.6. The third kappa shape index (κ3) is 5.12. The maximum Gasteiger partial charge on any atom is 0.144 e. The van der Waals surface area contributed by atoms with E-state index in [0.717, 1.165) is 30.2 Å². The number of furan rings is 1. The summed E-state index contributed by atoms with van der Waals surface area (Å²) in [5.74, 6) is 2.33. The van der Waals surface area contributed by atoms with E-state index in [-0.39, 0.29) is 0 Å².